The molecule has 1 fully saturated rings. The van der Waals surface area contributed by atoms with E-state index in [1.807, 2.05) is 37.3 Å². The van der Waals surface area contributed by atoms with E-state index in [1.54, 1.807) is 0 Å². The van der Waals surface area contributed by atoms with Crippen molar-refractivity contribution in [2.45, 2.75) is 20.1 Å². The molecule has 2 aromatic rings. The van der Waals surface area contributed by atoms with Crippen LogP contribution in [0.25, 0.3) is 0 Å². The molecule has 0 saturated carbocycles. The van der Waals surface area contributed by atoms with Crippen LogP contribution >= 0.6 is 27.5 Å². The van der Waals surface area contributed by atoms with E-state index in [9.17, 15) is 0 Å². The summed E-state index contributed by atoms with van der Waals surface area (Å²) in [4.78, 5) is 2.48. The van der Waals surface area contributed by atoms with Crippen LogP contribution < -0.4 is 20.1 Å². The van der Waals surface area contributed by atoms with Crippen molar-refractivity contribution in [1.82, 2.24) is 15.5 Å². The van der Waals surface area contributed by atoms with Gasteiger partial charge >= 0.3 is 0 Å². The lowest BCUT2D eigenvalue weighted by Crippen LogP contribution is -2.45. The smallest absolute Gasteiger partial charge is 0.175 e. The first-order chi connectivity index (χ1) is 14.2. The van der Waals surface area contributed by atoms with Gasteiger partial charge in [0.05, 0.1) is 11.1 Å². The topological polar surface area (TPSA) is 45.8 Å². The minimum Gasteiger partial charge on any atom is -0.490 e. The van der Waals surface area contributed by atoms with Gasteiger partial charge in [-0.1, -0.05) is 29.8 Å². The fraction of sp³-hybridized carbons (Fsp3) is 0.455. The number of halogens is 2. The lowest BCUT2D eigenvalue weighted by Gasteiger charge is -2.27. The molecule has 0 bridgehead atoms. The number of nitrogens with one attached hydrogen (secondary N) is 2. The third-order valence-electron chi connectivity index (χ3n) is 4.84. The number of hydrogen-bond donors (Lipinski definition) is 2. The third-order valence-corrected chi connectivity index (χ3v) is 5.80. The van der Waals surface area contributed by atoms with Crippen LogP contribution in [0.5, 0.6) is 11.5 Å². The van der Waals surface area contributed by atoms with Crippen molar-refractivity contribution >= 4 is 27.5 Å². The predicted molar refractivity (Wildman–Crippen MR) is 122 cm³/mol. The number of hydrogen-bond acceptors (Lipinski definition) is 5. The van der Waals surface area contributed by atoms with Crippen molar-refractivity contribution in [3.8, 4) is 11.5 Å². The Bertz CT molecular complexity index is 785. The maximum atomic E-state index is 6.25. The Morgan fingerprint density at radius 2 is 1.97 bits per heavy atom. The third kappa shape index (κ3) is 6.86. The average Bonchev–Trinajstić information content (AvgIpc) is 2.73. The van der Waals surface area contributed by atoms with Gasteiger partial charge in [0, 0.05) is 56.4 Å². The van der Waals surface area contributed by atoms with E-state index in [2.05, 4.69) is 37.5 Å². The fourth-order valence-corrected chi connectivity index (χ4v) is 4.09. The molecule has 158 valence electrons. The molecular formula is C22H29BrClN3O2. The largest absolute Gasteiger partial charge is 0.490 e. The zero-order chi connectivity index (χ0) is 20.5. The summed E-state index contributed by atoms with van der Waals surface area (Å²) in [6.07, 6.45) is 0. The minimum absolute atomic E-state index is 0.390. The lowest BCUT2D eigenvalue weighted by atomic mass is 10.2. The lowest BCUT2D eigenvalue weighted by molar-refractivity contribution is 0.241. The first kappa shape index (κ1) is 22.4. The second kappa shape index (κ2) is 11.8. The van der Waals surface area contributed by atoms with Crippen LogP contribution in [0.3, 0.4) is 0 Å². The van der Waals surface area contributed by atoms with Gasteiger partial charge in [-0.05, 0) is 46.6 Å². The Morgan fingerprint density at radius 1 is 1.17 bits per heavy atom. The Kier molecular flexibility index (Phi) is 9.08. The number of rotatable bonds is 10. The predicted octanol–water partition coefficient (Wildman–Crippen LogP) is 4.08. The van der Waals surface area contributed by atoms with E-state index in [1.165, 1.54) is 0 Å². The van der Waals surface area contributed by atoms with E-state index < -0.39 is 0 Å². The van der Waals surface area contributed by atoms with Gasteiger partial charge < -0.3 is 20.1 Å². The second-order valence-corrected chi connectivity index (χ2v) is 8.25. The first-order valence-corrected chi connectivity index (χ1v) is 11.3. The number of nitrogens with zero attached hydrogens (tertiary/aromatic N) is 1. The summed E-state index contributed by atoms with van der Waals surface area (Å²) in [7, 11) is 0. The van der Waals surface area contributed by atoms with Crippen LogP contribution in [0.15, 0.2) is 40.9 Å². The quantitative estimate of drug-likeness (QED) is 0.500. The van der Waals surface area contributed by atoms with E-state index in [4.69, 9.17) is 21.1 Å². The average molecular weight is 483 g/mol. The van der Waals surface area contributed by atoms with Gasteiger partial charge in [-0.3, -0.25) is 4.90 Å². The van der Waals surface area contributed by atoms with Crippen LogP contribution in [0, 0.1) is 0 Å². The summed E-state index contributed by atoms with van der Waals surface area (Å²) in [6, 6.07) is 11.8. The molecule has 1 aliphatic rings. The molecule has 1 aliphatic heterocycles. The molecule has 0 atom stereocenters. The minimum atomic E-state index is 0.390. The Hall–Kier alpha value is -1.31. The van der Waals surface area contributed by atoms with Crippen LogP contribution in [0.2, 0.25) is 5.02 Å². The summed E-state index contributed by atoms with van der Waals surface area (Å²) in [5, 5.41) is 7.62. The molecule has 1 saturated heterocycles. The Morgan fingerprint density at radius 3 is 2.72 bits per heavy atom. The number of ether oxygens (including phenoxy) is 2. The summed E-state index contributed by atoms with van der Waals surface area (Å²) < 4.78 is 12.8. The SMILES string of the molecule is CCOc1cc(CNCCN2CCNCC2)cc(Br)c1OCc1ccccc1Cl. The number of benzene rings is 2. The zero-order valence-electron chi connectivity index (χ0n) is 16.8. The van der Waals surface area contributed by atoms with E-state index in [-0.39, 0.29) is 0 Å². The highest BCUT2D eigenvalue weighted by molar-refractivity contribution is 9.10. The highest BCUT2D eigenvalue weighted by Gasteiger charge is 2.14. The van der Waals surface area contributed by atoms with Crippen molar-refractivity contribution < 1.29 is 9.47 Å². The maximum absolute atomic E-state index is 6.25. The summed E-state index contributed by atoms with van der Waals surface area (Å²) in [5.41, 5.74) is 2.10. The van der Waals surface area contributed by atoms with Crippen molar-refractivity contribution in [3.63, 3.8) is 0 Å². The molecule has 0 amide bonds. The molecule has 5 nitrogen and oxygen atoms in total. The normalized spacial score (nSPS) is 14.7. The summed E-state index contributed by atoms with van der Waals surface area (Å²) >= 11 is 9.90. The van der Waals surface area contributed by atoms with Crippen LogP contribution in [-0.2, 0) is 13.2 Å². The first-order valence-electron chi connectivity index (χ1n) is 10.1. The highest BCUT2D eigenvalue weighted by atomic mass is 79.9. The van der Waals surface area contributed by atoms with Gasteiger partial charge in [0.2, 0.25) is 0 Å². The monoisotopic (exact) mass is 481 g/mol. The Balaban J connectivity index is 1.58. The molecule has 29 heavy (non-hydrogen) atoms. The van der Waals surface area contributed by atoms with Crippen LogP contribution in [0.4, 0.5) is 0 Å². The molecule has 0 aromatic heterocycles. The zero-order valence-corrected chi connectivity index (χ0v) is 19.2. The molecule has 0 unspecified atom stereocenters. The van der Waals surface area contributed by atoms with Crippen molar-refractivity contribution in [1.29, 1.82) is 0 Å². The summed E-state index contributed by atoms with van der Waals surface area (Å²) in [6.45, 7) is 10.2. The van der Waals surface area contributed by atoms with Crippen LogP contribution in [0.1, 0.15) is 18.1 Å². The second-order valence-electron chi connectivity index (χ2n) is 6.99. The number of piperazine rings is 1. The standard InChI is InChI=1S/C22H29BrClN3O2/c1-2-28-21-14-17(15-26-9-12-27-10-7-25-8-11-27)13-19(23)22(21)29-16-18-5-3-4-6-20(18)24/h3-6,13-14,25-26H,2,7-12,15-16H2,1H3. The van der Waals surface area contributed by atoms with Gasteiger partial charge in [-0.25, -0.2) is 0 Å². The van der Waals surface area contributed by atoms with Gasteiger partial charge in [0.1, 0.15) is 6.61 Å². The Labute approximate surface area is 186 Å². The van der Waals surface area contributed by atoms with E-state index in [0.717, 1.165) is 67.2 Å². The molecule has 3 rings (SSSR count). The van der Waals surface area contributed by atoms with Gasteiger partial charge in [-0.2, -0.15) is 0 Å². The molecule has 2 aromatic carbocycles. The maximum Gasteiger partial charge on any atom is 0.175 e. The van der Waals surface area contributed by atoms with E-state index >= 15 is 0 Å². The fourth-order valence-electron chi connectivity index (χ4n) is 3.30. The molecular weight excluding hydrogens is 454 g/mol. The van der Waals surface area contributed by atoms with Gasteiger partial charge in [0.15, 0.2) is 11.5 Å². The van der Waals surface area contributed by atoms with Crippen molar-refractivity contribution in [2.24, 2.45) is 0 Å². The molecule has 2 N–H and O–H groups in total. The van der Waals surface area contributed by atoms with Gasteiger partial charge in [0.25, 0.3) is 0 Å². The molecule has 1 heterocycles. The van der Waals surface area contributed by atoms with Crippen molar-refractivity contribution in [3.05, 3.63) is 57.0 Å². The molecule has 0 aliphatic carbocycles. The molecule has 0 radical (unpaired) electrons. The summed E-state index contributed by atoms with van der Waals surface area (Å²) in [5.74, 6) is 1.45. The van der Waals surface area contributed by atoms with Crippen LogP contribution in [-0.4, -0.2) is 50.8 Å². The molecule has 7 heteroatoms. The molecule has 0 spiro atoms. The van der Waals surface area contributed by atoms with Gasteiger partial charge in [-0.15, -0.1) is 0 Å². The van der Waals surface area contributed by atoms with E-state index in [0.29, 0.717) is 24.0 Å². The van der Waals surface area contributed by atoms with Crippen molar-refractivity contribution in [2.75, 3.05) is 45.9 Å². The highest BCUT2D eigenvalue weighted by Crippen LogP contribution is 2.37.